The lowest BCUT2D eigenvalue weighted by atomic mass is 10.0. The van der Waals surface area contributed by atoms with Gasteiger partial charge in [0, 0.05) is 11.1 Å². The van der Waals surface area contributed by atoms with E-state index in [0.29, 0.717) is 29.0 Å². The Bertz CT molecular complexity index is 1250. The number of halogens is 3. The van der Waals surface area contributed by atoms with Crippen LogP contribution in [0.1, 0.15) is 24.8 Å². The molecule has 0 spiro atoms. The van der Waals surface area contributed by atoms with Crippen LogP contribution in [0, 0.1) is 0 Å². The SMILES string of the molecule is O=C(O)C1=C(C(=O)Nc2ccc(-c3ccc(Oc4ccccc4)cc3)cc2C(F)(F)F)CCC1. The predicted molar refractivity (Wildman–Crippen MR) is 121 cm³/mol. The minimum atomic E-state index is -4.73. The molecule has 3 aromatic rings. The second-order valence-electron chi connectivity index (χ2n) is 7.77. The first-order valence-electron chi connectivity index (χ1n) is 10.5. The van der Waals surface area contributed by atoms with Crippen LogP contribution < -0.4 is 10.1 Å². The van der Waals surface area contributed by atoms with E-state index in [-0.39, 0.29) is 24.0 Å². The summed E-state index contributed by atoms with van der Waals surface area (Å²) in [6.45, 7) is 0. The summed E-state index contributed by atoms with van der Waals surface area (Å²) in [7, 11) is 0. The zero-order valence-electron chi connectivity index (χ0n) is 17.9. The number of carbonyl (C=O) groups excluding carboxylic acids is 1. The number of alkyl halides is 3. The zero-order chi connectivity index (χ0) is 24.3. The molecule has 1 aliphatic carbocycles. The molecule has 2 N–H and O–H groups in total. The summed E-state index contributed by atoms with van der Waals surface area (Å²) in [6.07, 6.45) is -3.83. The highest BCUT2D eigenvalue weighted by atomic mass is 19.4. The first kappa shape index (κ1) is 23.1. The minimum Gasteiger partial charge on any atom is -0.478 e. The van der Waals surface area contributed by atoms with Gasteiger partial charge in [-0.05, 0) is 66.8 Å². The van der Waals surface area contributed by atoms with Crippen molar-refractivity contribution in [3.63, 3.8) is 0 Å². The molecule has 174 valence electrons. The third kappa shape index (κ3) is 5.11. The van der Waals surface area contributed by atoms with Crippen molar-refractivity contribution in [2.75, 3.05) is 5.32 Å². The lowest BCUT2D eigenvalue weighted by Gasteiger charge is -2.16. The van der Waals surface area contributed by atoms with Crippen molar-refractivity contribution in [2.45, 2.75) is 25.4 Å². The smallest absolute Gasteiger partial charge is 0.418 e. The molecule has 5 nitrogen and oxygen atoms in total. The highest BCUT2D eigenvalue weighted by molar-refractivity contribution is 6.09. The lowest BCUT2D eigenvalue weighted by Crippen LogP contribution is -2.19. The summed E-state index contributed by atoms with van der Waals surface area (Å²) < 4.78 is 47.1. The van der Waals surface area contributed by atoms with Crippen LogP contribution in [0.5, 0.6) is 11.5 Å². The molecule has 0 radical (unpaired) electrons. The fourth-order valence-corrected chi connectivity index (χ4v) is 3.84. The second-order valence-corrected chi connectivity index (χ2v) is 7.77. The topological polar surface area (TPSA) is 75.6 Å². The molecule has 0 unspecified atom stereocenters. The first-order chi connectivity index (χ1) is 16.2. The van der Waals surface area contributed by atoms with Crippen molar-refractivity contribution in [1.29, 1.82) is 0 Å². The van der Waals surface area contributed by atoms with Gasteiger partial charge in [-0.1, -0.05) is 36.4 Å². The molecule has 1 aliphatic rings. The predicted octanol–water partition coefficient (Wildman–Crippen LogP) is 6.67. The largest absolute Gasteiger partial charge is 0.478 e. The van der Waals surface area contributed by atoms with Crippen LogP contribution in [0.4, 0.5) is 18.9 Å². The zero-order valence-corrected chi connectivity index (χ0v) is 17.9. The van der Waals surface area contributed by atoms with Gasteiger partial charge in [-0.25, -0.2) is 4.79 Å². The van der Waals surface area contributed by atoms with E-state index >= 15 is 0 Å². The third-order valence-electron chi connectivity index (χ3n) is 5.49. The van der Waals surface area contributed by atoms with Crippen LogP contribution in [0.15, 0.2) is 83.9 Å². The van der Waals surface area contributed by atoms with Gasteiger partial charge in [0.05, 0.1) is 11.3 Å². The van der Waals surface area contributed by atoms with Gasteiger partial charge in [0.1, 0.15) is 11.5 Å². The van der Waals surface area contributed by atoms with E-state index in [9.17, 15) is 27.9 Å². The number of anilines is 1. The van der Waals surface area contributed by atoms with E-state index in [0.717, 1.165) is 6.07 Å². The van der Waals surface area contributed by atoms with Crippen molar-refractivity contribution in [2.24, 2.45) is 0 Å². The Hall–Kier alpha value is -4.07. The van der Waals surface area contributed by atoms with E-state index in [1.54, 1.807) is 36.4 Å². The highest BCUT2D eigenvalue weighted by Gasteiger charge is 2.35. The number of hydrogen-bond donors (Lipinski definition) is 2. The Morgan fingerprint density at radius 3 is 2.09 bits per heavy atom. The Morgan fingerprint density at radius 1 is 0.824 bits per heavy atom. The van der Waals surface area contributed by atoms with Gasteiger partial charge < -0.3 is 15.2 Å². The number of aliphatic carboxylic acids is 1. The van der Waals surface area contributed by atoms with Crippen molar-refractivity contribution in [3.05, 3.63) is 89.5 Å². The van der Waals surface area contributed by atoms with Crippen LogP contribution >= 0.6 is 0 Å². The summed E-state index contributed by atoms with van der Waals surface area (Å²) in [5, 5.41) is 11.5. The average Bonchev–Trinajstić information content (AvgIpc) is 3.31. The van der Waals surface area contributed by atoms with Crippen LogP contribution in [-0.4, -0.2) is 17.0 Å². The minimum absolute atomic E-state index is 0.0127. The molecule has 0 aromatic heterocycles. The van der Waals surface area contributed by atoms with E-state index in [1.807, 2.05) is 18.2 Å². The van der Waals surface area contributed by atoms with Crippen molar-refractivity contribution in [1.82, 2.24) is 0 Å². The Labute approximate surface area is 193 Å². The summed E-state index contributed by atoms with van der Waals surface area (Å²) in [5.41, 5.74) is -0.634. The number of carbonyl (C=O) groups is 2. The summed E-state index contributed by atoms with van der Waals surface area (Å²) >= 11 is 0. The third-order valence-corrected chi connectivity index (χ3v) is 5.49. The first-order valence-corrected chi connectivity index (χ1v) is 10.5. The molecule has 3 aromatic carbocycles. The maximum Gasteiger partial charge on any atom is 0.418 e. The number of benzene rings is 3. The van der Waals surface area contributed by atoms with Gasteiger partial charge in [0.25, 0.3) is 5.91 Å². The van der Waals surface area contributed by atoms with Crippen LogP contribution in [0.2, 0.25) is 0 Å². The number of rotatable bonds is 6. The molecule has 0 atom stereocenters. The van der Waals surface area contributed by atoms with Crippen LogP contribution in [0.3, 0.4) is 0 Å². The molecule has 1 amide bonds. The number of ether oxygens (including phenoxy) is 1. The number of carboxylic acids is 1. The van der Waals surface area contributed by atoms with Crippen molar-refractivity contribution >= 4 is 17.6 Å². The van der Waals surface area contributed by atoms with Gasteiger partial charge in [0.2, 0.25) is 0 Å². The average molecular weight is 467 g/mol. The maximum atomic E-state index is 13.8. The van der Waals surface area contributed by atoms with Gasteiger partial charge in [-0.2, -0.15) is 13.2 Å². The van der Waals surface area contributed by atoms with Crippen molar-refractivity contribution in [3.8, 4) is 22.6 Å². The van der Waals surface area contributed by atoms with E-state index in [2.05, 4.69) is 5.32 Å². The molecular formula is C26H20F3NO4. The Morgan fingerprint density at radius 2 is 1.44 bits per heavy atom. The lowest BCUT2D eigenvalue weighted by molar-refractivity contribution is -0.137. The fourth-order valence-electron chi connectivity index (χ4n) is 3.84. The molecule has 0 heterocycles. The molecule has 0 saturated heterocycles. The van der Waals surface area contributed by atoms with Gasteiger partial charge >= 0.3 is 12.1 Å². The monoisotopic (exact) mass is 467 g/mol. The molecule has 4 rings (SSSR count). The van der Waals surface area contributed by atoms with E-state index < -0.39 is 29.3 Å². The summed E-state index contributed by atoms with van der Waals surface area (Å²) in [6, 6.07) is 19.3. The Kier molecular flexibility index (Phi) is 6.40. The second kappa shape index (κ2) is 9.43. The number of nitrogens with one attached hydrogen (secondary N) is 1. The number of amides is 1. The number of para-hydroxylation sites is 1. The number of hydrogen-bond acceptors (Lipinski definition) is 3. The molecule has 8 heteroatoms. The highest BCUT2D eigenvalue weighted by Crippen LogP contribution is 2.38. The van der Waals surface area contributed by atoms with Crippen LogP contribution in [-0.2, 0) is 15.8 Å². The van der Waals surface area contributed by atoms with Gasteiger partial charge in [-0.3, -0.25) is 4.79 Å². The number of carboxylic acid groups (broad SMARTS) is 1. The molecule has 0 saturated carbocycles. The normalized spacial score (nSPS) is 13.6. The maximum absolute atomic E-state index is 13.8. The quantitative estimate of drug-likeness (QED) is 0.425. The van der Waals surface area contributed by atoms with Crippen molar-refractivity contribution < 1.29 is 32.6 Å². The van der Waals surface area contributed by atoms with E-state index in [1.165, 1.54) is 12.1 Å². The van der Waals surface area contributed by atoms with Gasteiger partial charge in [-0.15, -0.1) is 0 Å². The summed E-state index contributed by atoms with van der Waals surface area (Å²) in [4.78, 5) is 23.8. The van der Waals surface area contributed by atoms with E-state index in [4.69, 9.17) is 4.74 Å². The summed E-state index contributed by atoms with van der Waals surface area (Å²) in [5.74, 6) is -0.878. The molecular weight excluding hydrogens is 447 g/mol. The van der Waals surface area contributed by atoms with Crippen LogP contribution in [0.25, 0.3) is 11.1 Å². The standard InChI is InChI=1S/C26H20F3NO4/c27-26(28,29)22-15-17(16-9-12-19(13-10-16)34-18-5-2-1-3-6-18)11-14-23(22)30-24(31)20-7-4-8-21(20)25(32)33/h1-3,5-6,9-15H,4,7-8H2,(H,30,31)(H,32,33). The van der Waals surface area contributed by atoms with Gasteiger partial charge in [0.15, 0.2) is 0 Å². The molecule has 0 aliphatic heterocycles. The molecule has 0 bridgehead atoms. The Balaban J connectivity index is 1.59. The molecule has 0 fully saturated rings. The molecule has 34 heavy (non-hydrogen) atoms. The fraction of sp³-hybridized carbons (Fsp3) is 0.154.